The lowest BCUT2D eigenvalue weighted by molar-refractivity contribution is 0.0724. The SMILES string of the molecule is O=C(c1cnc(N2CCC(c3c[nH]c4ccccc34)CC2)c(Cl)c1)N1CCCCC1. The van der Waals surface area contributed by atoms with Crippen molar-refractivity contribution in [2.75, 3.05) is 31.1 Å². The predicted octanol–water partition coefficient (Wildman–Crippen LogP) is 5.23. The van der Waals surface area contributed by atoms with Gasteiger partial charge in [-0.25, -0.2) is 4.98 Å². The second-order valence-electron chi connectivity index (χ2n) is 8.43. The van der Waals surface area contributed by atoms with E-state index in [4.69, 9.17) is 11.6 Å². The van der Waals surface area contributed by atoms with Crippen molar-refractivity contribution in [1.29, 1.82) is 0 Å². The largest absolute Gasteiger partial charge is 0.361 e. The molecule has 0 radical (unpaired) electrons. The smallest absolute Gasteiger partial charge is 0.255 e. The number of fused-ring (bicyclic) bond motifs is 1. The number of anilines is 1. The van der Waals surface area contributed by atoms with Crippen LogP contribution in [0, 0.1) is 0 Å². The van der Waals surface area contributed by atoms with Crippen LogP contribution in [-0.2, 0) is 0 Å². The number of piperidine rings is 2. The van der Waals surface area contributed by atoms with Gasteiger partial charge in [0, 0.05) is 49.5 Å². The molecule has 0 aliphatic carbocycles. The fourth-order valence-electron chi connectivity index (χ4n) is 4.89. The average molecular weight is 423 g/mol. The highest BCUT2D eigenvalue weighted by Crippen LogP contribution is 2.35. The molecule has 4 heterocycles. The number of pyridine rings is 1. The number of nitrogens with one attached hydrogen (secondary N) is 1. The number of nitrogens with zero attached hydrogens (tertiary/aromatic N) is 3. The molecule has 2 fully saturated rings. The lowest BCUT2D eigenvalue weighted by Gasteiger charge is -2.33. The first kappa shape index (κ1) is 19.4. The number of carbonyl (C=O) groups is 1. The number of halogens is 1. The Morgan fingerprint density at radius 2 is 1.83 bits per heavy atom. The van der Waals surface area contributed by atoms with Gasteiger partial charge in [0.2, 0.25) is 0 Å². The van der Waals surface area contributed by atoms with E-state index in [1.807, 2.05) is 4.90 Å². The monoisotopic (exact) mass is 422 g/mol. The number of carbonyl (C=O) groups excluding carboxylic acids is 1. The van der Waals surface area contributed by atoms with Gasteiger partial charge >= 0.3 is 0 Å². The summed E-state index contributed by atoms with van der Waals surface area (Å²) in [6.07, 6.45) is 9.35. The number of hydrogen-bond donors (Lipinski definition) is 1. The van der Waals surface area contributed by atoms with Gasteiger partial charge in [0.15, 0.2) is 0 Å². The van der Waals surface area contributed by atoms with Crippen LogP contribution in [0.4, 0.5) is 5.82 Å². The van der Waals surface area contributed by atoms with E-state index in [1.54, 1.807) is 12.3 Å². The number of rotatable bonds is 3. The molecule has 5 rings (SSSR count). The highest BCUT2D eigenvalue weighted by Gasteiger charge is 2.26. The van der Waals surface area contributed by atoms with Crippen LogP contribution in [0.25, 0.3) is 10.9 Å². The van der Waals surface area contributed by atoms with Crippen molar-refractivity contribution in [2.24, 2.45) is 0 Å². The summed E-state index contributed by atoms with van der Waals surface area (Å²) in [5, 5.41) is 1.90. The fraction of sp³-hybridized carbons (Fsp3) is 0.417. The minimum absolute atomic E-state index is 0.0497. The number of benzene rings is 1. The van der Waals surface area contributed by atoms with Gasteiger partial charge in [0.25, 0.3) is 5.91 Å². The second-order valence-corrected chi connectivity index (χ2v) is 8.84. The minimum Gasteiger partial charge on any atom is -0.361 e. The van der Waals surface area contributed by atoms with Gasteiger partial charge < -0.3 is 14.8 Å². The van der Waals surface area contributed by atoms with Gasteiger partial charge in [-0.3, -0.25) is 4.79 Å². The maximum atomic E-state index is 12.7. The average Bonchev–Trinajstić information content (AvgIpc) is 3.23. The van der Waals surface area contributed by atoms with E-state index in [0.717, 1.165) is 57.7 Å². The van der Waals surface area contributed by atoms with E-state index in [2.05, 4.69) is 45.3 Å². The molecule has 2 aromatic heterocycles. The van der Waals surface area contributed by atoms with Crippen LogP contribution in [0.15, 0.2) is 42.7 Å². The van der Waals surface area contributed by atoms with Gasteiger partial charge in [0.1, 0.15) is 5.82 Å². The van der Waals surface area contributed by atoms with Gasteiger partial charge in [0.05, 0.1) is 10.6 Å². The van der Waals surface area contributed by atoms with Crippen molar-refractivity contribution >= 4 is 34.2 Å². The van der Waals surface area contributed by atoms with E-state index in [9.17, 15) is 4.79 Å². The summed E-state index contributed by atoms with van der Waals surface area (Å²) in [4.78, 5) is 24.9. The number of hydrogen-bond acceptors (Lipinski definition) is 3. The lowest BCUT2D eigenvalue weighted by Crippen LogP contribution is -2.36. The zero-order valence-corrected chi connectivity index (χ0v) is 17.9. The molecule has 0 saturated carbocycles. The Morgan fingerprint density at radius 3 is 2.60 bits per heavy atom. The normalized spacial score (nSPS) is 18.2. The number of para-hydroxylation sites is 1. The van der Waals surface area contributed by atoms with Crippen molar-refractivity contribution in [2.45, 2.75) is 38.0 Å². The third-order valence-corrected chi connectivity index (χ3v) is 6.85. The predicted molar refractivity (Wildman–Crippen MR) is 121 cm³/mol. The molecule has 3 aromatic rings. The molecule has 0 spiro atoms. The summed E-state index contributed by atoms with van der Waals surface area (Å²) >= 11 is 6.58. The Labute approximate surface area is 182 Å². The fourth-order valence-corrected chi connectivity index (χ4v) is 5.18. The van der Waals surface area contributed by atoms with E-state index in [1.165, 1.54) is 22.9 Å². The second kappa shape index (κ2) is 8.31. The van der Waals surface area contributed by atoms with Crippen LogP contribution in [0.5, 0.6) is 0 Å². The Bertz CT molecular complexity index is 1050. The van der Waals surface area contributed by atoms with E-state index in [-0.39, 0.29) is 5.91 Å². The molecule has 156 valence electrons. The van der Waals surface area contributed by atoms with Crippen LogP contribution >= 0.6 is 11.6 Å². The molecule has 5 nitrogen and oxygen atoms in total. The van der Waals surface area contributed by atoms with E-state index in [0.29, 0.717) is 16.5 Å². The molecule has 2 saturated heterocycles. The molecule has 2 aliphatic rings. The molecule has 2 aliphatic heterocycles. The van der Waals surface area contributed by atoms with Gasteiger partial charge in [-0.2, -0.15) is 0 Å². The summed E-state index contributed by atoms with van der Waals surface area (Å²) < 4.78 is 0. The molecular formula is C24H27ClN4O. The van der Waals surface area contributed by atoms with E-state index < -0.39 is 0 Å². The molecule has 1 N–H and O–H groups in total. The summed E-state index contributed by atoms with van der Waals surface area (Å²) in [7, 11) is 0. The third-order valence-electron chi connectivity index (χ3n) is 6.57. The molecule has 1 amide bonds. The maximum Gasteiger partial charge on any atom is 0.255 e. The molecule has 0 atom stereocenters. The molecule has 30 heavy (non-hydrogen) atoms. The Balaban J connectivity index is 1.27. The Kier molecular flexibility index (Phi) is 5.38. The number of H-pyrrole nitrogens is 1. The van der Waals surface area contributed by atoms with Crippen molar-refractivity contribution in [3.05, 3.63) is 58.9 Å². The highest BCUT2D eigenvalue weighted by molar-refractivity contribution is 6.33. The zero-order valence-electron chi connectivity index (χ0n) is 17.1. The molecule has 1 aromatic carbocycles. The van der Waals surface area contributed by atoms with Crippen molar-refractivity contribution < 1.29 is 4.79 Å². The molecule has 0 bridgehead atoms. The topological polar surface area (TPSA) is 52.2 Å². The van der Waals surface area contributed by atoms with Crippen LogP contribution in [0.2, 0.25) is 5.02 Å². The molecular weight excluding hydrogens is 396 g/mol. The maximum absolute atomic E-state index is 12.7. The minimum atomic E-state index is 0.0497. The Morgan fingerprint density at radius 1 is 1.07 bits per heavy atom. The Hall–Kier alpha value is -2.53. The van der Waals surface area contributed by atoms with Gasteiger partial charge in [-0.1, -0.05) is 29.8 Å². The van der Waals surface area contributed by atoms with Crippen molar-refractivity contribution in [3.63, 3.8) is 0 Å². The van der Waals surface area contributed by atoms with Crippen molar-refractivity contribution in [3.8, 4) is 0 Å². The third kappa shape index (κ3) is 3.67. The molecule has 0 unspecified atom stereocenters. The van der Waals surface area contributed by atoms with Crippen LogP contribution < -0.4 is 4.90 Å². The number of aromatic amines is 1. The van der Waals surface area contributed by atoms with Crippen LogP contribution in [-0.4, -0.2) is 47.0 Å². The highest BCUT2D eigenvalue weighted by atomic mass is 35.5. The van der Waals surface area contributed by atoms with Gasteiger partial charge in [-0.05, 0) is 55.7 Å². The summed E-state index contributed by atoms with van der Waals surface area (Å²) in [6.45, 7) is 3.49. The van der Waals surface area contributed by atoms with Crippen molar-refractivity contribution in [1.82, 2.24) is 14.9 Å². The first-order chi connectivity index (χ1) is 14.7. The number of likely N-dealkylation sites (tertiary alicyclic amines) is 1. The summed E-state index contributed by atoms with van der Waals surface area (Å²) in [5.41, 5.74) is 3.21. The van der Waals surface area contributed by atoms with Gasteiger partial charge in [-0.15, -0.1) is 0 Å². The first-order valence-electron chi connectivity index (χ1n) is 11.0. The number of amides is 1. The summed E-state index contributed by atoms with van der Waals surface area (Å²) in [6, 6.07) is 10.3. The zero-order chi connectivity index (χ0) is 20.5. The standard InChI is InChI=1S/C24H27ClN4O/c25-21-14-18(24(30)29-10-4-1-5-11-29)15-27-23(21)28-12-8-17(9-13-28)20-16-26-22-7-3-2-6-19(20)22/h2-3,6-7,14-17,26H,1,4-5,8-13H2. The van der Waals surface area contributed by atoms with E-state index >= 15 is 0 Å². The molecule has 6 heteroatoms. The lowest BCUT2D eigenvalue weighted by atomic mass is 9.89. The quantitative estimate of drug-likeness (QED) is 0.629. The number of aromatic nitrogens is 2. The van der Waals surface area contributed by atoms with Crippen LogP contribution in [0.3, 0.4) is 0 Å². The van der Waals surface area contributed by atoms with Crippen LogP contribution in [0.1, 0.15) is 53.9 Å². The first-order valence-corrected chi connectivity index (χ1v) is 11.3. The summed E-state index contributed by atoms with van der Waals surface area (Å²) in [5.74, 6) is 1.38.